The Balaban J connectivity index is 2.07. The summed E-state index contributed by atoms with van der Waals surface area (Å²) in [6, 6.07) is -0.831. The van der Waals surface area contributed by atoms with Crippen molar-refractivity contribution >= 4 is 5.91 Å². The quantitative estimate of drug-likeness (QED) is 0.0261. The van der Waals surface area contributed by atoms with Crippen LogP contribution < -0.4 is 5.32 Å². The molecule has 89 heavy (non-hydrogen) atoms. The van der Waals surface area contributed by atoms with Crippen LogP contribution in [0.3, 0.4) is 0 Å². The maximum Gasteiger partial charge on any atom is 0.220 e. The van der Waals surface area contributed by atoms with E-state index in [2.05, 4.69) is 92.1 Å². The van der Waals surface area contributed by atoms with Gasteiger partial charge in [0.1, 0.15) is 24.4 Å². The smallest absolute Gasteiger partial charge is 0.220 e. The molecule has 1 amide bonds. The van der Waals surface area contributed by atoms with Gasteiger partial charge in [0.15, 0.2) is 6.29 Å². The first kappa shape index (κ1) is 84.4. The lowest BCUT2D eigenvalue weighted by atomic mass is 9.99. The van der Waals surface area contributed by atoms with Crippen molar-refractivity contribution in [2.45, 2.75) is 403 Å². The lowest BCUT2D eigenvalue weighted by Crippen LogP contribution is -2.60. The van der Waals surface area contributed by atoms with Crippen molar-refractivity contribution in [3.8, 4) is 0 Å². The molecule has 0 aliphatic carbocycles. The Hall–Kier alpha value is -2.63. The molecular formula is C80H145NO8. The Morgan fingerprint density at radius 2 is 0.708 bits per heavy atom. The number of allylic oxidation sites excluding steroid dienone is 13. The minimum absolute atomic E-state index is 0.185. The van der Waals surface area contributed by atoms with Gasteiger partial charge in [-0.1, -0.05) is 356 Å². The highest BCUT2D eigenvalue weighted by molar-refractivity contribution is 5.76. The molecule has 9 nitrogen and oxygen atoms in total. The average molecular weight is 1250 g/mol. The highest BCUT2D eigenvalue weighted by Gasteiger charge is 2.44. The van der Waals surface area contributed by atoms with E-state index in [1.807, 2.05) is 6.08 Å². The van der Waals surface area contributed by atoms with Gasteiger partial charge in [-0.3, -0.25) is 4.79 Å². The number of hydrogen-bond acceptors (Lipinski definition) is 8. The van der Waals surface area contributed by atoms with Crippen molar-refractivity contribution in [3.63, 3.8) is 0 Å². The summed E-state index contributed by atoms with van der Waals surface area (Å²) < 4.78 is 11.3. The predicted molar refractivity (Wildman–Crippen MR) is 382 cm³/mol. The monoisotopic (exact) mass is 1250 g/mol. The lowest BCUT2D eigenvalue weighted by Gasteiger charge is -2.40. The predicted octanol–water partition coefficient (Wildman–Crippen LogP) is 21.6. The average Bonchev–Trinajstić information content (AvgIpc) is 2.59. The second-order valence-electron chi connectivity index (χ2n) is 26.4. The number of nitrogens with one attached hydrogen (secondary N) is 1. The molecule has 0 bridgehead atoms. The number of hydrogen-bond donors (Lipinski definition) is 6. The molecule has 1 rings (SSSR count). The third kappa shape index (κ3) is 56.6. The van der Waals surface area contributed by atoms with Gasteiger partial charge in [0, 0.05) is 6.42 Å². The molecule has 518 valence electrons. The van der Waals surface area contributed by atoms with Crippen LogP contribution in [-0.2, 0) is 14.3 Å². The summed E-state index contributed by atoms with van der Waals surface area (Å²) in [7, 11) is 0. The third-order valence-corrected chi connectivity index (χ3v) is 17.9. The summed E-state index contributed by atoms with van der Waals surface area (Å²) in [5.74, 6) is -0.185. The Labute approximate surface area is 550 Å². The molecule has 9 heteroatoms. The van der Waals surface area contributed by atoms with Gasteiger partial charge in [0.2, 0.25) is 5.91 Å². The molecule has 0 aromatic heterocycles. The molecule has 6 N–H and O–H groups in total. The van der Waals surface area contributed by atoms with Gasteiger partial charge >= 0.3 is 0 Å². The zero-order valence-corrected chi connectivity index (χ0v) is 58.2. The van der Waals surface area contributed by atoms with Crippen LogP contribution in [0, 0.1) is 0 Å². The topological polar surface area (TPSA) is 149 Å². The first-order chi connectivity index (χ1) is 43.8. The number of aliphatic hydroxyl groups is 5. The van der Waals surface area contributed by atoms with Crippen LogP contribution in [0.5, 0.6) is 0 Å². The summed E-state index contributed by atoms with van der Waals surface area (Å²) in [5.41, 5.74) is 0. The molecule has 0 aromatic carbocycles. The Morgan fingerprint density at radius 1 is 0.393 bits per heavy atom. The molecular weight excluding hydrogens is 1100 g/mol. The second-order valence-corrected chi connectivity index (χ2v) is 26.4. The first-order valence-corrected chi connectivity index (χ1v) is 38.3. The van der Waals surface area contributed by atoms with Gasteiger partial charge in [-0.15, -0.1) is 0 Å². The Morgan fingerprint density at radius 3 is 1.08 bits per heavy atom. The third-order valence-electron chi connectivity index (χ3n) is 17.9. The number of unbranched alkanes of at least 4 members (excludes halogenated alkanes) is 45. The maximum atomic E-state index is 13.1. The normalized spacial score (nSPS) is 18.3. The van der Waals surface area contributed by atoms with Crippen LogP contribution in [0.4, 0.5) is 0 Å². The van der Waals surface area contributed by atoms with E-state index in [1.54, 1.807) is 6.08 Å². The molecule has 0 spiro atoms. The van der Waals surface area contributed by atoms with E-state index < -0.39 is 49.5 Å². The fourth-order valence-electron chi connectivity index (χ4n) is 12.0. The largest absolute Gasteiger partial charge is 0.394 e. The van der Waals surface area contributed by atoms with E-state index in [0.717, 1.165) is 70.6 Å². The number of rotatable bonds is 67. The molecule has 7 unspecified atom stereocenters. The molecule has 1 aliphatic rings. The molecule has 1 saturated heterocycles. The van der Waals surface area contributed by atoms with Crippen molar-refractivity contribution < 1.29 is 39.8 Å². The van der Waals surface area contributed by atoms with E-state index in [1.165, 1.54) is 270 Å². The maximum absolute atomic E-state index is 13.1. The molecule has 0 radical (unpaired) electrons. The van der Waals surface area contributed by atoms with Gasteiger partial charge in [-0.2, -0.15) is 0 Å². The Kier molecular flexibility index (Phi) is 64.7. The molecule has 0 aromatic rings. The number of carbonyl (C=O) groups excluding carboxylic acids is 1. The van der Waals surface area contributed by atoms with E-state index in [4.69, 9.17) is 9.47 Å². The SMILES string of the molecule is CC/C=C\C/C=C\C/C=C\C/C=C\CCCCCCCCCCCCCCCCCCCCCCCCCCCCCCC(=O)NC(COC1OC(CO)C(O)C(O)C1O)C(O)/C=C/CC/C=C/CC/C=C/CCCCCCCCCCCCCCCCC. The zero-order chi connectivity index (χ0) is 64.2. The van der Waals surface area contributed by atoms with Crippen molar-refractivity contribution in [1.82, 2.24) is 5.32 Å². The molecule has 0 saturated carbocycles. The van der Waals surface area contributed by atoms with Crippen molar-refractivity contribution in [2.24, 2.45) is 0 Å². The van der Waals surface area contributed by atoms with Gasteiger partial charge in [0.25, 0.3) is 0 Å². The molecule has 7 atom stereocenters. The van der Waals surface area contributed by atoms with Gasteiger partial charge in [-0.25, -0.2) is 0 Å². The van der Waals surface area contributed by atoms with Gasteiger partial charge in [-0.05, 0) is 83.5 Å². The van der Waals surface area contributed by atoms with E-state index in [-0.39, 0.29) is 12.5 Å². The standard InChI is InChI=1S/C80H145NO8/c1-3-5-7-9-11-13-15-17-19-21-23-25-27-29-30-31-32-33-34-35-36-37-38-39-40-41-42-43-44-46-48-50-52-54-56-58-60-62-64-66-68-70-76(84)81-73(72-88-80-79(87)78(86)77(85)75(71-82)89-80)74(83)69-67-65-63-61-59-57-55-53-51-49-47-45-28-26-24-22-20-18-16-14-12-10-8-6-4-2/h5,7,11,13,17,19,23,25,51,53,59,61,67,69,73-75,77-80,82-83,85-87H,3-4,6,8-10,12,14-16,18,20-22,24,26-50,52,54-58,60,62-66,68,70-72H2,1-2H3,(H,81,84)/b7-5-,13-11-,19-17-,25-23-,53-51+,61-59+,69-67+. The first-order valence-electron chi connectivity index (χ1n) is 38.3. The summed E-state index contributed by atoms with van der Waals surface area (Å²) in [5, 5.41) is 54.8. The fourth-order valence-corrected chi connectivity index (χ4v) is 12.0. The van der Waals surface area contributed by atoms with Crippen LogP contribution in [0.15, 0.2) is 85.1 Å². The van der Waals surface area contributed by atoms with E-state index in [9.17, 15) is 30.3 Å². The van der Waals surface area contributed by atoms with E-state index >= 15 is 0 Å². The van der Waals surface area contributed by atoms with E-state index in [0.29, 0.717) is 6.42 Å². The number of ether oxygens (including phenoxy) is 2. The number of aliphatic hydroxyl groups excluding tert-OH is 5. The second kappa shape index (κ2) is 68.2. The summed E-state index contributed by atoms with van der Waals surface area (Å²) in [6.07, 6.45) is 91.6. The van der Waals surface area contributed by atoms with Crippen LogP contribution in [0.1, 0.15) is 361 Å². The number of carbonyl (C=O) groups is 1. The highest BCUT2D eigenvalue weighted by Crippen LogP contribution is 2.23. The lowest BCUT2D eigenvalue weighted by molar-refractivity contribution is -0.302. The van der Waals surface area contributed by atoms with Crippen LogP contribution in [0.2, 0.25) is 0 Å². The number of amides is 1. The van der Waals surface area contributed by atoms with Crippen molar-refractivity contribution in [1.29, 1.82) is 0 Å². The fraction of sp³-hybridized carbons (Fsp3) is 0.812. The zero-order valence-electron chi connectivity index (χ0n) is 58.2. The van der Waals surface area contributed by atoms with Gasteiger partial charge < -0.3 is 40.3 Å². The van der Waals surface area contributed by atoms with Crippen LogP contribution in [-0.4, -0.2) is 87.5 Å². The van der Waals surface area contributed by atoms with Crippen molar-refractivity contribution in [3.05, 3.63) is 85.1 Å². The minimum atomic E-state index is -1.58. The van der Waals surface area contributed by atoms with Crippen molar-refractivity contribution in [2.75, 3.05) is 13.2 Å². The minimum Gasteiger partial charge on any atom is -0.394 e. The summed E-state index contributed by atoms with van der Waals surface area (Å²) >= 11 is 0. The van der Waals surface area contributed by atoms with Crippen LogP contribution in [0.25, 0.3) is 0 Å². The summed E-state index contributed by atoms with van der Waals surface area (Å²) in [6.45, 7) is 3.69. The molecule has 1 heterocycles. The highest BCUT2D eigenvalue weighted by atomic mass is 16.7. The molecule has 1 aliphatic heterocycles. The molecule has 1 fully saturated rings. The Bertz CT molecular complexity index is 1690. The van der Waals surface area contributed by atoms with Crippen LogP contribution >= 0.6 is 0 Å². The van der Waals surface area contributed by atoms with Gasteiger partial charge in [0.05, 0.1) is 25.4 Å². The summed E-state index contributed by atoms with van der Waals surface area (Å²) in [4.78, 5) is 13.1.